The average Bonchev–Trinajstić information content (AvgIpc) is 2.35. The van der Waals surface area contributed by atoms with Crippen LogP contribution in [0.4, 0.5) is 5.69 Å². The standard InChI is InChI=1S/C13H10Br3NO/c14-9-4-5-10(15)12(6-9)17-7-8-2-1-3-11(16)13(8)18/h1-6,17-18H,7H2. The first-order valence-corrected chi connectivity index (χ1v) is 7.61. The fourth-order valence-electron chi connectivity index (χ4n) is 1.53. The van der Waals surface area contributed by atoms with Crippen molar-refractivity contribution in [1.29, 1.82) is 0 Å². The van der Waals surface area contributed by atoms with Gasteiger partial charge in [-0.3, -0.25) is 0 Å². The van der Waals surface area contributed by atoms with Crippen molar-refractivity contribution in [3.05, 3.63) is 55.4 Å². The van der Waals surface area contributed by atoms with Crippen molar-refractivity contribution in [2.75, 3.05) is 5.32 Å². The monoisotopic (exact) mass is 433 g/mol. The maximum Gasteiger partial charge on any atom is 0.134 e. The molecule has 0 aliphatic carbocycles. The van der Waals surface area contributed by atoms with Gasteiger partial charge in [-0.1, -0.05) is 28.1 Å². The van der Waals surface area contributed by atoms with E-state index in [-0.39, 0.29) is 5.75 Å². The van der Waals surface area contributed by atoms with Crippen LogP contribution in [0.3, 0.4) is 0 Å². The average molecular weight is 436 g/mol. The van der Waals surface area contributed by atoms with Crippen molar-refractivity contribution in [2.45, 2.75) is 6.54 Å². The number of hydrogen-bond donors (Lipinski definition) is 2. The Morgan fingerprint density at radius 3 is 2.56 bits per heavy atom. The van der Waals surface area contributed by atoms with Gasteiger partial charge in [0.25, 0.3) is 0 Å². The summed E-state index contributed by atoms with van der Waals surface area (Å²) >= 11 is 10.2. The summed E-state index contributed by atoms with van der Waals surface area (Å²) in [5.41, 5.74) is 1.82. The first kappa shape index (κ1) is 13.9. The van der Waals surface area contributed by atoms with E-state index in [0.29, 0.717) is 11.0 Å². The minimum atomic E-state index is 0.274. The number of anilines is 1. The highest BCUT2D eigenvalue weighted by atomic mass is 79.9. The first-order valence-electron chi connectivity index (χ1n) is 5.23. The third-order valence-corrected chi connectivity index (χ3v) is 4.29. The lowest BCUT2D eigenvalue weighted by Crippen LogP contribution is -2.00. The highest BCUT2D eigenvalue weighted by molar-refractivity contribution is 9.11. The van der Waals surface area contributed by atoms with Gasteiger partial charge in [0.15, 0.2) is 0 Å². The van der Waals surface area contributed by atoms with Crippen molar-refractivity contribution in [2.24, 2.45) is 0 Å². The van der Waals surface area contributed by atoms with Crippen molar-refractivity contribution < 1.29 is 5.11 Å². The molecule has 18 heavy (non-hydrogen) atoms. The van der Waals surface area contributed by atoms with Crippen LogP contribution >= 0.6 is 47.8 Å². The Morgan fingerprint density at radius 1 is 1.00 bits per heavy atom. The van der Waals surface area contributed by atoms with Crippen LogP contribution in [0.5, 0.6) is 5.75 Å². The molecule has 0 amide bonds. The molecule has 0 bridgehead atoms. The summed E-state index contributed by atoms with van der Waals surface area (Å²) < 4.78 is 2.70. The molecule has 94 valence electrons. The summed E-state index contributed by atoms with van der Waals surface area (Å²) in [5.74, 6) is 0.274. The third kappa shape index (κ3) is 3.28. The van der Waals surface area contributed by atoms with Gasteiger partial charge in [0.05, 0.1) is 4.47 Å². The number of para-hydroxylation sites is 1. The number of rotatable bonds is 3. The molecule has 0 spiro atoms. The Balaban J connectivity index is 2.16. The molecule has 2 aromatic carbocycles. The lowest BCUT2D eigenvalue weighted by Gasteiger charge is -2.11. The van der Waals surface area contributed by atoms with Gasteiger partial charge in [0.1, 0.15) is 5.75 Å². The normalized spacial score (nSPS) is 10.4. The molecule has 0 saturated heterocycles. The molecule has 0 saturated carbocycles. The number of phenolic OH excluding ortho intramolecular Hbond substituents is 1. The van der Waals surface area contributed by atoms with Crippen LogP contribution in [-0.4, -0.2) is 5.11 Å². The van der Waals surface area contributed by atoms with E-state index in [4.69, 9.17) is 0 Å². The largest absolute Gasteiger partial charge is 0.506 e. The second-order valence-electron chi connectivity index (χ2n) is 3.73. The minimum absolute atomic E-state index is 0.274. The van der Waals surface area contributed by atoms with Gasteiger partial charge in [-0.2, -0.15) is 0 Å². The molecule has 2 nitrogen and oxygen atoms in total. The molecule has 0 aliphatic rings. The van der Waals surface area contributed by atoms with Crippen molar-refractivity contribution >= 4 is 53.5 Å². The quantitative estimate of drug-likeness (QED) is 0.686. The van der Waals surface area contributed by atoms with E-state index in [2.05, 4.69) is 53.1 Å². The Morgan fingerprint density at radius 2 is 1.78 bits per heavy atom. The zero-order chi connectivity index (χ0) is 13.1. The highest BCUT2D eigenvalue weighted by Crippen LogP contribution is 2.30. The molecule has 0 aromatic heterocycles. The van der Waals surface area contributed by atoms with Gasteiger partial charge in [-0.25, -0.2) is 0 Å². The number of benzene rings is 2. The summed E-state index contributed by atoms with van der Waals surface area (Å²) in [4.78, 5) is 0. The Labute approximate surface area is 131 Å². The van der Waals surface area contributed by atoms with Crippen LogP contribution in [-0.2, 0) is 6.54 Å². The van der Waals surface area contributed by atoms with Crippen LogP contribution in [0.2, 0.25) is 0 Å². The molecule has 0 aliphatic heterocycles. The molecular formula is C13H10Br3NO. The molecule has 0 unspecified atom stereocenters. The fourth-order valence-corrected chi connectivity index (χ4v) is 2.68. The van der Waals surface area contributed by atoms with E-state index >= 15 is 0 Å². The van der Waals surface area contributed by atoms with E-state index in [0.717, 1.165) is 20.2 Å². The summed E-state index contributed by atoms with van der Waals surface area (Å²) in [7, 11) is 0. The predicted molar refractivity (Wildman–Crippen MR) is 85.0 cm³/mol. The predicted octanol–water partition coefficient (Wildman–Crippen LogP) is 5.29. The van der Waals surface area contributed by atoms with E-state index in [1.165, 1.54) is 0 Å². The van der Waals surface area contributed by atoms with Crippen LogP contribution < -0.4 is 5.32 Å². The molecular weight excluding hydrogens is 426 g/mol. The molecule has 0 fully saturated rings. The summed E-state index contributed by atoms with van der Waals surface area (Å²) in [6.45, 7) is 0.556. The number of halogens is 3. The highest BCUT2D eigenvalue weighted by Gasteiger charge is 2.06. The maximum absolute atomic E-state index is 9.89. The molecule has 0 heterocycles. The number of phenols is 1. The molecule has 0 atom stereocenters. The van der Waals surface area contributed by atoms with E-state index in [9.17, 15) is 5.11 Å². The smallest absolute Gasteiger partial charge is 0.134 e. The summed E-state index contributed by atoms with van der Waals surface area (Å²) in [6, 6.07) is 11.5. The molecule has 2 aromatic rings. The van der Waals surface area contributed by atoms with Crippen LogP contribution in [0.15, 0.2) is 49.8 Å². The lowest BCUT2D eigenvalue weighted by atomic mass is 10.2. The Kier molecular flexibility index (Phi) is 4.70. The summed E-state index contributed by atoms with van der Waals surface area (Å²) in [6.07, 6.45) is 0. The minimum Gasteiger partial charge on any atom is -0.506 e. The number of aromatic hydroxyl groups is 1. The number of nitrogens with one attached hydrogen (secondary N) is 1. The molecule has 2 N–H and O–H groups in total. The SMILES string of the molecule is Oc1c(Br)cccc1CNc1cc(Br)ccc1Br. The van der Waals surface area contributed by atoms with E-state index < -0.39 is 0 Å². The third-order valence-electron chi connectivity index (χ3n) is 2.47. The van der Waals surface area contributed by atoms with Crippen molar-refractivity contribution in [3.63, 3.8) is 0 Å². The Bertz CT molecular complexity index is 570. The maximum atomic E-state index is 9.89. The second-order valence-corrected chi connectivity index (χ2v) is 6.35. The van der Waals surface area contributed by atoms with Crippen molar-refractivity contribution in [3.8, 4) is 5.75 Å². The zero-order valence-electron chi connectivity index (χ0n) is 9.25. The van der Waals surface area contributed by atoms with Crippen LogP contribution in [0, 0.1) is 0 Å². The van der Waals surface area contributed by atoms with Gasteiger partial charge in [-0.05, 0) is 56.1 Å². The van der Waals surface area contributed by atoms with E-state index in [1.807, 2.05) is 36.4 Å². The summed E-state index contributed by atoms with van der Waals surface area (Å²) in [5, 5.41) is 13.2. The van der Waals surface area contributed by atoms with E-state index in [1.54, 1.807) is 0 Å². The number of hydrogen-bond acceptors (Lipinski definition) is 2. The molecule has 5 heteroatoms. The zero-order valence-corrected chi connectivity index (χ0v) is 14.0. The van der Waals surface area contributed by atoms with Crippen LogP contribution in [0.25, 0.3) is 0 Å². The molecule has 0 radical (unpaired) electrons. The topological polar surface area (TPSA) is 32.3 Å². The first-order chi connectivity index (χ1) is 8.58. The van der Waals surface area contributed by atoms with Gasteiger partial charge in [0, 0.05) is 26.7 Å². The van der Waals surface area contributed by atoms with Gasteiger partial charge in [0.2, 0.25) is 0 Å². The van der Waals surface area contributed by atoms with Gasteiger partial charge in [-0.15, -0.1) is 0 Å². The second kappa shape index (κ2) is 6.08. The lowest BCUT2D eigenvalue weighted by molar-refractivity contribution is 0.465. The Hall–Kier alpha value is -0.520. The van der Waals surface area contributed by atoms with Gasteiger partial charge >= 0.3 is 0 Å². The van der Waals surface area contributed by atoms with Crippen molar-refractivity contribution in [1.82, 2.24) is 0 Å². The van der Waals surface area contributed by atoms with Crippen LogP contribution in [0.1, 0.15) is 5.56 Å². The van der Waals surface area contributed by atoms with Gasteiger partial charge < -0.3 is 10.4 Å². The fraction of sp³-hybridized carbons (Fsp3) is 0.0769. The molecule has 2 rings (SSSR count).